The Morgan fingerprint density at radius 2 is 1.71 bits per heavy atom. The van der Waals surface area contributed by atoms with Crippen molar-refractivity contribution in [1.82, 2.24) is 4.57 Å². The molecular weight excluding hydrogens is 260 g/mol. The molecule has 0 bridgehead atoms. The van der Waals surface area contributed by atoms with Gasteiger partial charge in [-0.2, -0.15) is 0 Å². The molecule has 1 unspecified atom stereocenters. The first-order valence-corrected chi connectivity index (χ1v) is 7.06. The van der Waals surface area contributed by atoms with Crippen molar-refractivity contribution >= 4 is 10.9 Å². The topological polar surface area (TPSA) is 48.0 Å². The highest BCUT2D eigenvalue weighted by molar-refractivity contribution is 5.78. The molecule has 0 saturated heterocycles. The van der Waals surface area contributed by atoms with Gasteiger partial charge in [-0.25, -0.2) is 0 Å². The molecule has 0 aliphatic heterocycles. The molecule has 21 heavy (non-hydrogen) atoms. The molecule has 1 heterocycles. The third-order valence-corrected chi connectivity index (χ3v) is 3.78. The highest BCUT2D eigenvalue weighted by atomic mass is 16.1. The summed E-state index contributed by atoms with van der Waals surface area (Å²) in [6.07, 6.45) is 0. The summed E-state index contributed by atoms with van der Waals surface area (Å²) < 4.78 is 1.75. The van der Waals surface area contributed by atoms with Crippen molar-refractivity contribution < 1.29 is 0 Å². The fourth-order valence-electron chi connectivity index (χ4n) is 2.55. The first kappa shape index (κ1) is 13.6. The Bertz CT molecular complexity index is 818. The van der Waals surface area contributed by atoms with Crippen molar-refractivity contribution in [3.63, 3.8) is 0 Å². The lowest BCUT2D eigenvalue weighted by molar-refractivity contribution is 0.577. The van der Waals surface area contributed by atoms with Gasteiger partial charge in [0.05, 0.1) is 5.52 Å². The minimum absolute atomic E-state index is 0.0174. The predicted molar refractivity (Wildman–Crippen MR) is 86.3 cm³/mol. The van der Waals surface area contributed by atoms with E-state index in [1.54, 1.807) is 10.6 Å². The molecule has 1 aromatic heterocycles. The van der Waals surface area contributed by atoms with Gasteiger partial charge < -0.3 is 10.3 Å². The Labute approximate surface area is 123 Å². The van der Waals surface area contributed by atoms with Crippen molar-refractivity contribution in [3.05, 3.63) is 82.1 Å². The quantitative estimate of drug-likeness (QED) is 0.800. The maximum Gasteiger partial charge on any atom is 0.251 e. The number of rotatable bonds is 3. The highest BCUT2D eigenvalue weighted by Gasteiger charge is 2.10. The minimum Gasteiger partial charge on any atom is -0.322 e. The summed E-state index contributed by atoms with van der Waals surface area (Å²) in [5.74, 6) is 0. The molecule has 1 atom stereocenters. The molecule has 106 valence electrons. The molecule has 0 amide bonds. The fraction of sp³-hybridized carbons (Fsp3) is 0.167. The molecule has 3 rings (SSSR count). The average molecular weight is 278 g/mol. The van der Waals surface area contributed by atoms with Crippen molar-refractivity contribution in [2.45, 2.75) is 19.5 Å². The van der Waals surface area contributed by atoms with Crippen LogP contribution in [-0.2, 0) is 6.54 Å². The molecule has 2 aromatic carbocycles. The normalized spacial score (nSPS) is 12.5. The van der Waals surface area contributed by atoms with Gasteiger partial charge in [-0.1, -0.05) is 48.0 Å². The van der Waals surface area contributed by atoms with Gasteiger partial charge >= 0.3 is 0 Å². The number of para-hydroxylation sites is 1. The molecule has 0 aliphatic carbocycles. The highest BCUT2D eigenvalue weighted by Crippen LogP contribution is 2.16. The largest absolute Gasteiger partial charge is 0.322 e. The van der Waals surface area contributed by atoms with E-state index in [-0.39, 0.29) is 11.6 Å². The van der Waals surface area contributed by atoms with E-state index in [9.17, 15) is 4.79 Å². The van der Waals surface area contributed by atoms with Gasteiger partial charge in [0, 0.05) is 18.7 Å². The number of hydrogen-bond acceptors (Lipinski definition) is 2. The lowest BCUT2D eigenvalue weighted by atomic mass is 10.1. The minimum atomic E-state index is -0.200. The zero-order valence-electron chi connectivity index (χ0n) is 12.0. The fourth-order valence-corrected chi connectivity index (χ4v) is 2.55. The van der Waals surface area contributed by atoms with Crippen LogP contribution in [0.4, 0.5) is 0 Å². The summed E-state index contributed by atoms with van der Waals surface area (Å²) in [6.45, 7) is 2.52. The third-order valence-electron chi connectivity index (χ3n) is 3.78. The number of pyridine rings is 1. The molecule has 3 aromatic rings. The van der Waals surface area contributed by atoms with Crippen LogP contribution in [0.5, 0.6) is 0 Å². The third kappa shape index (κ3) is 2.73. The van der Waals surface area contributed by atoms with Crippen molar-refractivity contribution in [1.29, 1.82) is 0 Å². The Morgan fingerprint density at radius 1 is 1.00 bits per heavy atom. The molecule has 0 aliphatic rings. The van der Waals surface area contributed by atoms with E-state index in [2.05, 4.69) is 0 Å². The number of hydrogen-bond donors (Lipinski definition) is 1. The summed E-state index contributed by atoms with van der Waals surface area (Å²) in [4.78, 5) is 12.2. The Balaban J connectivity index is 1.99. The van der Waals surface area contributed by atoms with Gasteiger partial charge in [0.15, 0.2) is 0 Å². The summed E-state index contributed by atoms with van der Waals surface area (Å²) in [5.41, 5.74) is 9.43. The number of aromatic nitrogens is 1. The van der Waals surface area contributed by atoms with Crippen LogP contribution in [0, 0.1) is 6.92 Å². The molecule has 0 spiro atoms. The van der Waals surface area contributed by atoms with Crippen molar-refractivity contribution in [2.75, 3.05) is 0 Å². The van der Waals surface area contributed by atoms with Crippen LogP contribution in [0.2, 0.25) is 0 Å². The van der Waals surface area contributed by atoms with Crippen LogP contribution in [0.1, 0.15) is 17.2 Å². The van der Waals surface area contributed by atoms with E-state index in [0.29, 0.717) is 6.54 Å². The number of aryl methyl sites for hydroxylation is 1. The van der Waals surface area contributed by atoms with Crippen molar-refractivity contribution in [2.24, 2.45) is 5.73 Å². The molecule has 3 nitrogen and oxygen atoms in total. The Morgan fingerprint density at radius 3 is 2.48 bits per heavy atom. The number of benzene rings is 2. The van der Waals surface area contributed by atoms with Gasteiger partial charge in [-0.15, -0.1) is 0 Å². The summed E-state index contributed by atoms with van der Waals surface area (Å²) >= 11 is 0. The van der Waals surface area contributed by atoms with E-state index in [1.165, 1.54) is 5.56 Å². The van der Waals surface area contributed by atoms with Gasteiger partial charge in [0.25, 0.3) is 5.56 Å². The van der Waals surface area contributed by atoms with Crippen molar-refractivity contribution in [3.8, 4) is 0 Å². The maximum atomic E-state index is 12.2. The standard InChI is InChI=1S/C18H18N2O/c1-13-6-8-14(9-7-13)16(19)12-20-17-5-3-2-4-15(17)10-11-18(20)21/h2-11,16H,12,19H2,1H3. The first-order valence-electron chi connectivity index (χ1n) is 7.06. The zero-order valence-corrected chi connectivity index (χ0v) is 12.0. The van der Waals surface area contributed by atoms with E-state index in [4.69, 9.17) is 5.73 Å². The average Bonchev–Trinajstić information content (AvgIpc) is 2.51. The number of nitrogens with two attached hydrogens (primary N) is 1. The Hall–Kier alpha value is -2.39. The lowest BCUT2D eigenvalue weighted by Gasteiger charge is -2.16. The van der Waals surface area contributed by atoms with Gasteiger partial charge in [-0.3, -0.25) is 4.79 Å². The number of fused-ring (bicyclic) bond motifs is 1. The van der Waals surface area contributed by atoms with Crippen LogP contribution in [0.15, 0.2) is 65.5 Å². The molecule has 3 heteroatoms. The molecule has 0 fully saturated rings. The summed E-state index contributed by atoms with van der Waals surface area (Å²) in [5, 5.41) is 1.05. The van der Waals surface area contributed by atoms with Gasteiger partial charge in [0.2, 0.25) is 0 Å². The van der Waals surface area contributed by atoms with Crippen LogP contribution < -0.4 is 11.3 Å². The second-order valence-electron chi connectivity index (χ2n) is 5.36. The van der Waals surface area contributed by atoms with Crippen LogP contribution in [0.3, 0.4) is 0 Å². The van der Waals surface area contributed by atoms with E-state index in [0.717, 1.165) is 16.5 Å². The van der Waals surface area contributed by atoms with Gasteiger partial charge in [0.1, 0.15) is 0 Å². The first-order chi connectivity index (χ1) is 10.1. The van der Waals surface area contributed by atoms with Crippen LogP contribution in [-0.4, -0.2) is 4.57 Å². The predicted octanol–water partition coefficient (Wildman–Crippen LogP) is 3.01. The van der Waals surface area contributed by atoms with Crippen LogP contribution in [0.25, 0.3) is 10.9 Å². The second-order valence-corrected chi connectivity index (χ2v) is 5.36. The van der Waals surface area contributed by atoms with E-state index < -0.39 is 0 Å². The molecule has 2 N–H and O–H groups in total. The zero-order chi connectivity index (χ0) is 14.8. The molecule has 0 saturated carbocycles. The molecule has 0 radical (unpaired) electrons. The summed E-state index contributed by atoms with van der Waals surface area (Å²) in [6, 6.07) is 19.3. The smallest absolute Gasteiger partial charge is 0.251 e. The van der Waals surface area contributed by atoms with Gasteiger partial charge in [-0.05, 0) is 30.0 Å². The SMILES string of the molecule is Cc1ccc(C(N)Cn2c(=O)ccc3ccccc32)cc1. The molecular formula is C18H18N2O. The lowest BCUT2D eigenvalue weighted by Crippen LogP contribution is -2.26. The monoisotopic (exact) mass is 278 g/mol. The van der Waals surface area contributed by atoms with E-state index >= 15 is 0 Å². The maximum absolute atomic E-state index is 12.2. The second kappa shape index (κ2) is 5.54. The summed E-state index contributed by atoms with van der Waals surface area (Å²) in [7, 11) is 0. The van der Waals surface area contributed by atoms with Crippen LogP contribution >= 0.6 is 0 Å². The number of nitrogens with zero attached hydrogens (tertiary/aromatic N) is 1. The Kier molecular flexibility index (Phi) is 3.59. The van der Waals surface area contributed by atoms with E-state index in [1.807, 2.05) is 61.5 Å².